The van der Waals surface area contributed by atoms with Gasteiger partial charge < -0.3 is 10.2 Å². The van der Waals surface area contributed by atoms with Crippen molar-refractivity contribution < 1.29 is 24.6 Å². The molecule has 0 saturated carbocycles. The number of amides is 2. The lowest BCUT2D eigenvalue weighted by atomic mass is 10.4. The van der Waals surface area contributed by atoms with Crippen LogP contribution in [0.2, 0.25) is 0 Å². The van der Waals surface area contributed by atoms with Gasteiger partial charge in [0.15, 0.2) is 10.0 Å². The van der Waals surface area contributed by atoms with Gasteiger partial charge in [0.25, 0.3) is 0 Å². The fourth-order valence-corrected chi connectivity index (χ4v) is 2.18. The van der Waals surface area contributed by atoms with Gasteiger partial charge in [-0.05, 0) is 0 Å². The summed E-state index contributed by atoms with van der Waals surface area (Å²) in [6.07, 6.45) is 0. The number of hydrogen-bond donors (Lipinski definition) is 4. The summed E-state index contributed by atoms with van der Waals surface area (Å²) in [5.41, 5.74) is -0.822. The van der Waals surface area contributed by atoms with Gasteiger partial charge in [-0.3, -0.25) is 10.6 Å². The lowest BCUT2D eigenvalue weighted by molar-refractivity contribution is 0.0681. The van der Waals surface area contributed by atoms with Crippen molar-refractivity contribution in [3.63, 3.8) is 0 Å². The molecule has 20 heavy (non-hydrogen) atoms. The summed E-state index contributed by atoms with van der Waals surface area (Å²) in [6, 6.07) is -0.855. The molecule has 0 atom stereocenters. The summed E-state index contributed by atoms with van der Waals surface area (Å²) in [6.45, 7) is 0. The molecule has 0 aliphatic carbocycles. The van der Waals surface area contributed by atoms with Gasteiger partial charge in [0.2, 0.25) is 11.4 Å². The number of aromatic carboxylic acids is 2. The highest BCUT2D eigenvalue weighted by molar-refractivity contribution is 7.11. The maximum Gasteiger partial charge on any atom is 0.359 e. The number of carboxylic acid groups (broad SMARTS) is 2. The summed E-state index contributed by atoms with van der Waals surface area (Å²) in [7, 11) is 0. The average molecular weight is 316 g/mol. The van der Waals surface area contributed by atoms with E-state index in [9.17, 15) is 14.4 Å². The van der Waals surface area contributed by atoms with Crippen LogP contribution in [0.1, 0.15) is 21.0 Å². The van der Waals surface area contributed by atoms with Crippen molar-refractivity contribution in [1.29, 1.82) is 0 Å². The van der Waals surface area contributed by atoms with Crippen molar-refractivity contribution in [2.75, 3.05) is 10.6 Å². The molecule has 4 N–H and O–H groups in total. The number of carbonyl (C=O) groups is 3. The zero-order chi connectivity index (χ0) is 14.7. The number of urea groups is 1. The third-order valence-corrected chi connectivity index (χ3v) is 3.12. The number of rotatable bonds is 4. The predicted octanol–water partition coefficient (Wildman–Crippen LogP) is 0.430. The van der Waals surface area contributed by atoms with Gasteiger partial charge in [-0.25, -0.2) is 14.4 Å². The normalized spacial score (nSPS) is 10.0. The van der Waals surface area contributed by atoms with Crippen LogP contribution in [0.4, 0.5) is 14.8 Å². The van der Waals surface area contributed by atoms with Crippen LogP contribution in [-0.2, 0) is 0 Å². The molecule has 0 unspecified atom stereocenters. The number of anilines is 2. The Labute approximate surface area is 117 Å². The van der Waals surface area contributed by atoms with Crippen LogP contribution in [0, 0.1) is 0 Å². The number of nitrogens with one attached hydrogen (secondary N) is 2. The molecule has 2 aromatic rings. The molecule has 0 spiro atoms. The molecule has 13 heteroatoms. The second-order valence-corrected chi connectivity index (χ2v) is 4.60. The third-order valence-electron chi connectivity index (χ3n) is 1.84. The van der Waals surface area contributed by atoms with Crippen LogP contribution in [0.3, 0.4) is 0 Å². The van der Waals surface area contributed by atoms with Crippen LogP contribution in [0.5, 0.6) is 0 Å². The van der Waals surface area contributed by atoms with Crippen molar-refractivity contribution in [3.05, 3.63) is 11.4 Å². The third kappa shape index (κ3) is 2.83. The molecule has 2 amide bonds. The highest BCUT2D eigenvalue weighted by atomic mass is 32.1. The molecule has 2 heterocycles. The van der Waals surface area contributed by atoms with Crippen LogP contribution in [0.25, 0.3) is 0 Å². The first-order valence-corrected chi connectivity index (χ1v) is 6.23. The Kier molecular flexibility index (Phi) is 3.81. The summed E-state index contributed by atoms with van der Waals surface area (Å²) in [4.78, 5) is 33.1. The van der Waals surface area contributed by atoms with Gasteiger partial charge in [-0.15, -0.1) is 10.2 Å². The molecule has 2 aromatic heterocycles. The van der Waals surface area contributed by atoms with E-state index in [0.29, 0.717) is 23.1 Å². The zero-order valence-electron chi connectivity index (χ0n) is 9.22. The first-order valence-electron chi connectivity index (χ1n) is 4.68. The smallest absolute Gasteiger partial charge is 0.359 e. The molecular weight excluding hydrogens is 312 g/mol. The number of aromatic nitrogens is 4. The number of carbonyl (C=O) groups excluding carboxylic acids is 1. The Bertz CT molecular complexity index is 625. The molecule has 0 aromatic carbocycles. The topological polar surface area (TPSA) is 167 Å². The monoisotopic (exact) mass is 316 g/mol. The molecular formula is C7H4N6O5S2. The quantitative estimate of drug-likeness (QED) is 0.625. The van der Waals surface area contributed by atoms with E-state index in [1.54, 1.807) is 0 Å². The maximum atomic E-state index is 11.6. The first kappa shape index (κ1) is 13.8. The molecule has 11 nitrogen and oxygen atoms in total. The SMILES string of the molecule is O=C(Nc1snnc1C(=O)O)Nc1snnc1C(=O)O. The van der Waals surface area contributed by atoms with E-state index in [1.807, 2.05) is 0 Å². The Balaban J connectivity index is 2.09. The van der Waals surface area contributed by atoms with Crippen LogP contribution in [0.15, 0.2) is 0 Å². The molecule has 0 aliphatic rings. The fourth-order valence-electron chi connectivity index (χ4n) is 1.06. The Morgan fingerprint density at radius 3 is 1.60 bits per heavy atom. The van der Waals surface area contributed by atoms with Gasteiger partial charge in [0.1, 0.15) is 0 Å². The molecule has 0 aliphatic heterocycles. The van der Waals surface area contributed by atoms with Crippen molar-refractivity contribution in [1.82, 2.24) is 19.2 Å². The average Bonchev–Trinajstić information content (AvgIpc) is 2.97. The standard InChI is InChI=1S/C7H4N6O5S2/c14-5(15)1-3(19-12-10-1)8-7(18)9-4-2(6(16)17)11-13-20-4/h(H,14,15)(H,16,17)(H2,8,9,18). The predicted molar refractivity (Wildman–Crippen MR) is 66.4 cm³/mol. The van der Waals surface area contributed by atoms with Crippen molar-refractivity contribution in [2.24, 2.45) is 0 Å². The van der Waals surface area contributed by atoms with Crippen molar-refractivity contribution in [3.8, 4) is 0 Å². The Hall–Kier alpha value is -2.67. The number of carboxylic acids is 2. The van der Waals surface area contributed by atoms with Crippen molar-refractivity contribution in [2.45, 2.75) is 0 Å². The van der Waals surface area contributed by atoms with Gasteiger partial charge in [-0.1, -0.05) is 8.98 Å². The summed E-state index contributed by atoms with van der Waals surface area (Å²) < 4.78 is 6.78. The minimum atomic E-state index is -1.35. The Morgan fingerprint density at radius 2 is 1.25 bits per heavy atom. The lowest BCUT2D eigenvalue weighted by Crippen LogP contribution is -2.21. The fraction of sp³-hybridized carbons (Fsp3) is 0. The number of hydrogen-bond acceptors (Lipinski definition) is 9. The van der Waals surface area contributed by atoms with E-state index in [1.165, 1.54) is 0 Å². The van der Waals surface area contributed by atoms with Gasteiger partial charge in [0.05, 0.1) is 0 Å². The molecule has 0 bridgehead atoms. The van der Waals surface area contributed by atoms with Gasteiger partial charge >= 0.3 is 18.0 Å². The van der Waals surface area contributed by atoms with E-state index in [4.69, 9.17) is 10.2 Å². The largest absolute Gasteiger partial charge is 0.476 e. The van der Waals surface area contributed by atoms with Crippen LogP contribution in [-0.4, -0.2) is 47.4 Å². The summed E-state index contributed by atoms with van der Waals surface area (Å²) >= 11 is 1.34. The van der Waals surface area contributed by atoms with E-state index in [2.05, 4.69) is 29.8 Å². The minimum absolute atomic E-state index is 0.0793. The zero-order valence-corrected chi connectivity index (χ0v) is 10.9. The van der Waals surface area contributed by atoms with Crippen molar-refractivity contribution >= 4 is 51.0 Å². The molecule has 104 valence electrons. The molecule has 0 radical (unpaired) electrons. The highest BCUT2D eigenvalue weighted by Gasteiger charge is 2.20. The molecule has 0 fully saturated rings. The molecule has 2 rings (SSSR count). The second-order valence-electron chi connectivity index (χ2n) is 3.09. The van der Waals surface area contributed by atoms with Crippen LogP contribution < -0.4 is 10.6 Å². The van der Waals surface area contributed by atoms with Gasteiger partial charge in [-0.2, -0.15) is 0 Å². The second kappa shape index (κ2) is 5.54. The van der Waals surface area contributed by atoms with Gasteiger partial charge in [0, 0.05) is 23.1 Å². The van der Waals surface area contributed by atoms with E-state index in [-0.39, 0.29) is 10.0 Å². The highest BCUT2D eigenvalue weighted by Crippen LogP contribution is 2.20. The summed E-state index contributed by atoms with van der Waals surface area (Å²) in [5.74, 6) is -2.69. The van der Waals surface area contributed by atoms with E-state index < -0.39 is 29.4 Å². The minimum Gasteiger partial charge on any atom is -0.476 e. The lowest BCUT2D eigenvalue weighted by Gasteiger charge is -2.03. The Morgan fingerprint density at radius 1 is 0.850 bits per heavy atom. The van der Waals surface area contributed by atoms with E-state index >= 15 is 0 Å². The first-order chi connectivity index (χ1) is 9.49. The summed E-state index contributed by atoms with van der Waals surface area (Å²) in [5, 5.41) is 28.4. The maximum absolute atomic E-state index is 11.6. The molecule has 0 saturated heterocycles. The number of nitrogens with zero attached hydrogens (tertiary/aromatic N) is 4. The van der Waals surface area contributed by atoms with Crippen LogP contribution >= 0.6 is 23.1 Å². The van der Waals surface area contributed by atoms with E-state index in [0.717, 1.165) is 0 Å².